The SMILES string of the molecule is Cc1cn(C)nc1-n1c(=O)c(C(N)=O)cn(C(C)C)c1=O. The Balaban J connectivity index is 2.94. The Hall–Kier alpha value is -2.64. The molecule has 2 rings (SSSR count). The van der Waals surface area contributed by atoms with Gasteiger partial charge < -0.3 is 5.73 Å². The van der Waals surface area contributed by atoms with Gasteiger partial charge in [0.1, 0.15) is 5.56 Å². The third kappa shape index (κ3) is 2.39. The standard InChI is InChI=1S/C13H17N5O3/c1-7(2)17-6-9(10(14)19)12(20)18(13(17)21)11-8(3)5-16(4)15-11/h5-7H,1-4H3,(H2,14,19). The summed E-state index contributed by atoms with van der Waals surface area (Å²) in [7, 11) is 1.68. The van der Waals surface area contributed by atoms with E-state index in [0.717, 1.165) is 4.57 Å². The van der Waals surface area contributed by atoms with Gasteiger partial charge in [0.2, 0.25) is 0 Å². The lowest BCUT2D eigenvalue weighted by Gasteiger charge is -2.13. The Morgan fingerprint density at radius 3 is 2.33 bits per heavy atom. The van der Waals surface area contributed by atoms with Gasteiger partial charge in [-0.1, -0.05) is 0 Å². The average molecular weight is 291 g/mol. The molecule has 8 heteroatoms. The number of hydrogen-bond donors (Lipinski definition) is 1. The zero-order valence-electron chi connectivity index (χ0n) is 12.3. The van der Waals surface area contributed by atoms with Gasteiger partial charge in [0, 0.05) is 31.0 Å². The molecule has 0 unspecified atom stereocenters. The first-order chi connectivity index (χ1) is 9.73. The zero-order chi connectivity index (χ0) is 15.9. The smallest absolute Gasteiger partial charge is 0.337 e. The summed E-state index contributed by atoms with van der Waals surface area (Å²) in [4.78, 5) is 36.3. The van der Waals surface area contributed by atoms with E-state index < -0.39 is 17.2 Å². The molecule has 2 aromatic rings. The molecular formula is C13H17N5O3. The van der Waals surface area contributed by atoms with E-state index in [-0.39, 0.29) is 17.4 Å². The maximum Gasteiger partial charge on any atom is 0.337 e. The minimum absolute atomic E-state index is 0.199. The van der Waals surface area contributed by atoms with Gasteiger partial charge in [-0.05, 0) is 20.8 Å². The average Bonchev–Trinajstić information content (AvgIpc) is 2.67. The number of nitrogens with two attached hydrogens (primary N) is 1. The molecule has 1 amide bonds. The van der Waals surface area contributed by atoms with Crippen LogP contribution in [0.15, 0.2) is 22.0 Å². The van der Waals surface area contributed by atoms with Crippen LogP contribution in [0.1, 0.15) is 35.8 Å². The van der Waals surface area contributed by atoms with Crippen molar-refractivity contribution in [2.45, 2.75) is 26.8 Å². The largest absolute Gasteiger partial charge is 0.365 e. The molecule has 0 aliphatic heterocycles. The summed E-state index contributed by atoms with van der Waals surface area (Å²) >= 11 is 0. The fourth-order valence-corrected chi connectivity index (χ4v) is 2.11. The number of amides is 1. The Bertz CT molecular complexity index is 825. The number of aryl methyl sites for hydroxylation is 2. The summed E-state index contributed by atoms with van der Waals surface area (Å²) in [5.41, 5.74) is 4.32. The van der Waals surface area contributed by atoms with Gasteiger partial charge in [-0.25, -0.2) is 9.36 Å². The second-order valence-electron chi connectivity index (χ2n) is 5.14. The molecule has 0 radical (unpaired) electrons. The first kappa shape index (κ1) is 14.8. The van der Waals surface area contributed by atoms with Crippen molar-refractivity contribution in [1.82, 2.24) is 18.9 Å². The summed E-state index contributed by atoms with van der Waals surface area (Å²) in [6, 6.07) is -0.230. The summed E-state index contributed by atoms with van der Waals surface area (Å²) in [5, 5.41) is 4.12. The molecule has 8 nitrogen and oxygen atoms in total. The van der Waals surface area contributed by atoms with Crippen LogP contribution in [0, 0.1) is 6.92 Å². The van der Waals surface area contributed by atoms with E-state index in [1.165, 1.54) is 15.4 Å². The molecule has 0 fully saturated rings. The highest BCUT2D eigenvalue weighted by Gasteiger charge is 2.20. The summed E-state index contributed by atoms with van der Waals surface area (Å²) < 4.78 is 3.66. The Morgan fingerprint density at radius 1 is 1.29 bits per heavy atom. The molecule has 0 saturated heterocycles. The van der Waals surface area contributed by atoms with Crippen molar-refractivity contribution in [3.63, 3.8) is 0 Å². The van der Waals surface area contributed by atoms with Crippen LogP contribution in [0.5, 0.6) is 0 Å². The second-order valence-corrected chi connectivity index (χ2v) is 5.14. The normalized spacial score (nSPS) is 11.1. The van der Waals surface area contributed by atoms with Gasteiger partial charge >= 0.3 is 5.69 Å². The highest BCUT2D eigenvalue weighted by molar-refractivity contribution is 5.92. The molecule has 0 aliphatic rings. The molecule has 0 aromatic carbocycles. The Kier molecular flexibility index (Phi) is 3.54. The number of carbonyl (C=O) groups excluding carboxylic acids is 1. The number of nitrogens with zero attached hydrogens (tertiary/aromatic N) is 4. The fourth-order valence-electron chi connectivity index (χ4n) is 2.11. The van der Waals surface area contributed by atoms with Crippen molar-refractivity contribution in [3.8, 4) is 5.82 Å². The molecule has 2 aromatic heterocycles. The van der Waals surface area contributed by atoms with Crippen molar-refractivity contribution in [3.05, 3.63) is 44.4 Å². The minimum Gasteiger partial charge on any atom is -0.365 e. The first-order valence-corrected chi connectivity index (χ1v) is 6.42. The van der Waals surface area contributed by atoms with Crippen molar-refractivity contribution in [1.29, 1.82) is 0 Å². The van der Waals surface area contributed by atoms with Crippen LogP contribution < -0.4 is 17.0 Å². The third-order valence-corrected chi connectivity index (χ3v) is 3.13. The van der Waals surface area contributed by atoms with Crippen LogP contribution >= 0.6 is 0 Å². The van der Waals surface area contributed by atoms with Crippen molar-refractivity contribution < 1.29 is 4.79 Å². The molecule has 0 saturated carbocycles. The number of aromatic nitrogens is 4. The van der Waals surface area contributed by atoms with Gasteiger partial charge in [-0.3, -0.25) is 18.8 Å². The summed E-state index contributed by atoms with van der Waals surface area (Å²) in [6.45, 7) is 5.27. The summed E-state index contributed by atoms with van der Waals surface area (Å²) in [6.07, 6.45) is 2.88. The fraction of sp³-hybridized carbons (Fsp3) is 0.385. The van der Waals surface area contributed by atoms with Gasteiger partial charge in [-0.2, -0.15) is 5.10 Å². The lowest BCUT2D eigenvalue weighted by Crippen LogP contribution is -2.43. The van der Waals surface area contributed by atoms with Gasteiger partial charge in [0.15, 0.2) is 5.82 Å². The molecular weight excluding hydrogens is 274 g/mol. The topological polar surface area (TPSA) is 105 Å². The predicted molar refractivity (Wildman–Crippen MR) is 76.7 cm³/mol. The lowest BCUT2D eigenvalue weighted by molar-refractivity contribution is 0.0997. The van der Waals surface area contributed by atoms with E-state index in [4.69, 9.17) is 5.73 Å². The molecule has 0 aliphatic carbocycles. The number of hydrogen-bond acceptors (Lipinski definition) is 4. The van der Waals surface area contributed by atoms with Crippen LogP contribution in [0.3, 0.4) is 0 Å². The molecule has 2 heterocycles. The number of carbonyl (C=O) groups is 1. The monoisotopic (exact) mass is 291 g/mol. The quantitative estimate of drug-likeness (QED) is 0.839. The van der Waals surface area contributed by atoms with Crippen LogP contribution in [0.25, 0.3) is 5.82 Å². The van der Waals surface area contributed by atoms with E-state index in [0.29, 0.717) is 5.56 Å². The van der Waals surface area contributed by atoms with Crippen molar-refractivity contribution >= 4 is 5.91 Å². The zero-order valence-corrected chi connectivity index (χ0v) is 12.3. The van der Waals surface area contributed by atoms with Crippen LogP contribution in [0.2, 0.25) is 0 Å². The maximum absolute atomic E-state index is 12.5. The summed E-state index contributed by atoms with van der Waals surface area (Å²) in [5.74, 6) is -0.679. The van der Waals surface area contributed by atoms with Crippen LogP contribution in [0.4, 0.5) is 0 Å². The van der Waals surface area contributed by atoms with Crippen LogP contribution in [-0.2, 0) is 7.05 Å². The highest BCUT2D eigenvalue weighted by Crippen LogP contribution is 2.08. The van der Waals surface area contributed by atoms with Crippen molar-refractivity contribution in [2.24, 2.45) is 12.8 Å². The highest BCUT2D eigenvalue weighted by atomic mass is 16.2. The maximum atomic E-state index is 12.5. The Labute approximate surface area is 120 Å². The van der Waals surface area contributed by atoms with Gasteiger partial charge in [0.25, 0.3) is 11.5 Å². The van der Waals surface area contributed by atoms with Crippen LogP contribution in [-0.4, -0.2) is 24.8 Å². The van der Waals surface area contributed by atoms with Gasteiger partial charge in [0.05, 0.1) is 0 Å². The van der Waals surface area contributed by atoms with Gasteiger partial charge in [-0.15, -0.1) is 0 Å². The Morgan fingerprint density at radius 2 is 1.90 bits per heavy atom. The third-order valence-electron chi connectivity index (χ3n) is 3.13. The van der Waals surface area contributed by atoms with E-state index in [2.05, 4.69) is 5.10 Å². The lowest BCUT2D eigenvalue weighted by atomic mass is 10.3. The molecule has 0 spiro atoms. The van der Waals surface area contributed by atoms with E-state index in [1.807, 2.05) is 0 Å². The number of primary amides is 1. The first-order valence-electron chi connectivity index (χ1n) is 6.42. The van der Waals surface area contributed by atoms with E-state index in [1.54, 1.807) is 34.0 Å². The molecule has 0 bridgehead atoms. The number of rotatable bonds is 3. The predicted octanol–water partition coefficient (Wildman–Crippen LogP) is -0.279. The second kappa shape index (κ2) is 5.04. The van der Waals surface area contributed by atoms with Crippen molar-refractivity contribution in [2.75, 3.05) is 0 Å². The molecule has 0 atom stereocenters. The minimum atomic E-state index is -0.878. The molecule has 112 valence electrons. The molecule has 21 heavy (non-hydrogen) atoms. The van der Waals surface area contributed by atoms with E-state index in [9.17, 15) is 14.4 Å². The van der Waals surface area contributed by atoms with E-state index >= 15 is 0 Å². The molecule has 2 N–H and O–H groups in total.